The van der Waals surface area contributed by atoms with Crippen LogP contribution in [0.4, 0.5) is 0 Å². The van der Waals surface area contributed by atoms with E-state index in [4.69, 9.17) is 0 Å². The minimum Gasteiger partial charge on any atom is -0.341 e. The van der Waals surface area contributed by atoms with Crippen molar-refractivity contribution in [3.63, 3.8) is 0 Å². The van der Waals surface area contributed by atoms with Gasteiger partial charge in [0.1, 0.15) is 11.6 Å². The van der Waals surface area contributed by atoms with E-state index in [1.54, 1.807) is 18.1 Å². The summed E-state index contributed by atoms with van der Waals surface area (Å²) in [5.74, 6) is 0.205. The predicted molar refractivity (Wildman–Crippen MR) is 93.8 cm³/mol. The highest BCUT2D eigenvalue weighted by Crippen LogP contribution is 2.41. The number of hydrogen-bond donors (Lipinski definition) is 0. The van der Waals surface area contributed by atoms with Crippen LogP contribution in [0.5, 0.6) is 0 Å². The molecule has 1 saturated carbocycles. The molecule has 1 aliphatic heterocycles. The van der Waals surface area contributed by atoms with Gasteiger partial charge in [-0.25, -0.2) is 0 Å². The van der Waals surface area contributed by atoms with E-state index in [1.165, 1.54) is 19.3 Å². The van der Waals surface area contributed by atoms with Gasteiger partial charge in [-0.15, -0.1) is 10.2 Å². The molecule has 1 aromatic heterocycles. The van der Waals surface area contributed by atoms with Gasteiger partial charge in [-0.2, -0.15) is 0 Å². The van der Waals surface area contributed by atoms with Crippen LogP contribution < -0.4 is 0 Å². The molecule has 24 heavy (non-hydrogen) atoms. The van der Waals surface area contributed by atoms with Gasteiger partial charge in [-0.3, -0.25) is 4.79 Å². The van der Waals surface area contributed by atoms with Crippen LogP contribution in [0.1, 0.15) is 49.0 Å². The Balaban J connectivity index is 1.60. The monoisotopic (exact) mass is 342 g/mol. The van der Waals surface area contributed by atoms with Crippen LogP contribution in [-0.4, -0.2) is 38.7 Å². The van der Waals surface area contributed by atoms with Crippen molar-refractivity contribution in [1.29, 1.82) is 0 Å². The first kappa shape index (κ1) is 15.7. The Kier molecular flexibility index (Phi) is 4.56. The number of likely N-dealkylation sites (tertiary alicyclic amines) is 1. The van der Waals surface area contributed by atoms with E-state index in [1.807, 2.05) is 35.2 Å². The van der Waals surface area contributed by atoms with Gasteiger partial charge in [0.15, 0.2) is 5.16 Å². The molecule has 2 aliphatic rings. The number of hydrogen-bond acceptors (Lipinski definition) is 4. The highest BCUT2D eigenvalue weighted by Gasteiger charge is 2.32. The van der Waals surface area contributed by atoms with Crippen LogP contribution >= 0.6 is 11.8 Å². The van der Waals surface area contributed by atoms with Gasteiger partial charge in [-0.1, -0.05) is 42.1 Å². The second-order valence-electron chi connectivity index (χ2n) is 6.55. The second-order valence-corrected chi connectivity index (χ2v) is 7.62. The normalized spacial score (nSPS) is 19.2. The third kappa shape index (κ3) is 3.34. The topological polar surface area (TPSA) is 51.0 Å². The fourth-order valence-electron chi connectivity index (χ4n) is 3.19. The average Bonchev–Trinajstić information content (AvgIpc) is 3.39. The Morgan fingerprint density at radius 1 is 1.12 bits per heavy atom. The highest BCUT2D eigenvalue weighted by atomic mass is 32.2. The van der Waals surface area contributed by atoms with Gasteiger partial charge < -0.3 is 9.47 Å². The van der Waals surface area contributed by atoms with E-state index in [0.717, 1.165) is 36.7 Å². The molecule has 0 N–H and O–H groups in total. The van der Waals surface area contributed by atoms with Crippen LogP contribution in [-0.2, 0) is 4.79 Å². The van der Waals surface area contributed by atoms with Gasteiger partial charge >= 0.3 is 0 Å². The highest BCUT2D eigenvalue weighted by molar-refractivity contribution is 8.00. The number of piperidine rings is 1. The number of thioether (sulfide) groups is 1. The smallest absolute Gasteiger partial charge is 0.240 e. The Hall–Kier alpha value is -1.82. The molecule has 126 valence electrons. The number of benzene rings is 1. The van der Waals surface area contributed by atoms with Crippen molar-refractivity contribution in [1.82, 2.24) is 19.7 Å². The SMILES string of the molecule is O=C([C@@H](Sc1nncn1C1CC1)c1ccccc1)N1CCCCC1. The van der Waals surface area contributed by atoms with Gasteiger partial charge in [0.2, 0.25) is 5.91 Å². The lowest BCUT2D eigenvalue weighted by Gasteiger charge is -2.30. The fraction of sp³-hybridized carbons (Fsp3) is 0.500. The Morgan fingerprint density at radius 2 is 1.88 bits per heavy atom. The minimum absolute atomic E-state index is 0.205. The summed E-state index contributed by atoms with van der Waals surface area (Å²) in [4.78, 5) is 15.2. The first-order chi connectivity index (χ1) is 11.8. The van der Waals surface area contributed by atoms with Gasteiger partial charge in [0.05, 0.1) is 0 Å². The van der Waals surface area contributed by atoms with Crippen LogP contribution in [0.2, 0.25) is 0 Å². The molecule has 0 radical (unpaired) electrons. The molecule has 0 unspecified atom stereocenters. The fourth-order valence-corrected chi connectivity index (χ4v) is 4.36. The van der Waals surface area contributed by atoms with Crippen molar-refractivity contribution in [2.75, 3.05) is 13.1 Å². The third-order valence-corrected chi connectivity index (χ3v) is 5.91. The molecular formula is C18H22N4OS. The molecule has 1 saturated heterocycles. The lowest BCUT2D eigenvalue weighted by atomic mass is 10.1. The van der Waals surface area contributed by atoms with Crippen LogP contribution in [0.25, 0.3) is 0 Å². The van der Waals surface area contributed by atoms with Gasteiger partial charge in [0, 0.05) is 19.1 Å². The molecule has 1 amide bonds. The van der Waals surface area contributed by atoms with Gasteiger partial charge in [-0.05, 0) is 37.7 Å². The number of carbonyl (C=O) groups excluding carboxylic acids is 1. The minimum atomic E-state index is -0.244. The predicted octanol–water partition coefficient (Wildman–Crippen LogP) is 3.46. The van der Waals surface area contributed by atoms with Crippen molar-refractivity contribution in [2.24, 2.45) is 0 Å². The van der Waals surface area contributed by atoms with E-state index >= 15 is 0 Å². The number of carbonyl (C=O) groups is 1. The second kappa shape index (κ2) is 6.97. The maximum Gasteiger partial charge on any atom is 0.240 e. The number of amides is 1. The standard InChI is InChI=1S/C18H22N4OS/c23-17(21-11-5-2-6-12-21)16(14-7-3-1-4-8-14)24-18-20-19-13-22(18)15-9-10-15/h1,3-4,7-8,13,15-16H,2,5-6,9-12H2/t16-/m0/s1. The zero-order chi connectivity index (χ0) is 16.4. The molecule has 4 rings (SSSR count). The van der Waals surface area contributed by atoms with Crippen LogP contribution in [0, 0.1) is 0 Å². The van der Waals surface area contributed by atoms with Crippen LogP contribution in [0.15, 0.2) is 41.8 Å². The van der Waals surface area contributed by atoms with E-state index in [-0.39, 0.29) is 11.2 Å². The molecule has 2 heterocycles. The van der Waals surface area contributed by atoms with E-state index in [0.29, 0.717) is 6.04 Å². The lowest BCUT2D eigenvalue weighted by molar-refractivity contribution is -0.131. The van der Waals surface area contributed by atoms with Crippen LogP contribution in [0.3, 0.4) is 0 Å². The summed E-state index contributed by atoms with van der Waals surface area (Å²) >= 11 is 1.54. The zero-order valence-corrected chi connectivity index (χ0v) is 14.5. The molecule has 0 bridgehead atoms. The number of nitrogens with zero attached hydrogens (tertiary/aromatic N) is 4. The quantitative estimate of drug-likeness (QED) is 0.781. The lowest BCUT2D eigenvalue weighted by Crippen LogP contribution is -2.38. The third-order valence-electron chi connectivity index (χ3n) is 4.70. The van der Waals surface area contributed by atoms with Crippen molar-refractivity contribution in [3.05, 3.63) is 42.2 Å². The Morgan fingerprint density at radius 3 is 2.58 bits per heavy atom. The average molecular weight is 342 g/mol. The summed E-state index contributed by atoms with van der Waals surface area (Å²) in [6.45, 7) is 1.75. The molecule has 1 atom stereocenters. The summed E-state index contributed by atoms with van der Waals surface area (Å²) < 4.78 is 2.13. The maximum absolute atomic E-state index is 13.2. The van der Waals surface area contributed by atoms with E-state index in [9.17, 15) is 4.79 Å². The molecule has 1 aromatic carbocycles. The summed E-state index contributed by atoms with van der Waals surface area (Å²) in [6, 6.07) is 10.6. The molecular weight excluding hydrogens is 320 g/mol. The van der Waals surface area contributed by atoms with Crippen molar-refractivity contribution >= 4 is 17.7 Å². The Labute approximate surface area is 146 Å². The molecule has 1 aliphatic carbocycles. The molecule has 2 fully saturated rings. The Bertz CT molecular complexity index is 692. The first-order valence-electron chi connectivity index (χ1n) is 8.73. The van der Waals surface area contributed by atoms with Crippen molar-refractivity contribution < 1.29 is 4.79 Å². The first-order valence-corrected chi connectivity index (χ1v) is 9.61. The van der Waals surface area contributed by atoms with Gasteiger partial charge in [0.25, 0.3) is 0 Å². The largest absolute Gasteiger partial charge is 0.341 e. The summed E-state index contributed by atoms with van der Waals surface area (Å²) in [7, 11) is 0. The number of rotatable bonds is 5. The van der Waals surface area contributed by atoms with Crippen molar-refractivity contribution in [2.45, 2.75) is 48.6 Å². The molecule has 6 heteroatoms. The molecule has 0 spiro atoms. The zero-order valence-electron chi connectivity index (χ0n) is 13.7. The summed E-state index contributed by atoms with van der Waals surface area (Å²) in [6.07, 6.45) is 7.60. The maximum atomic E-state index is 13.2. The summed E-state index contributed by atoms with van der Waals surface area (Å²) in [5, 5.41) is 8.96. The summed E-state index contributed by atoms with van der Waals surface area (Å²) in [5.41, 5.74) is 1.04. The number of aromatic nitrogens is 3. The molecule has 2 aromatic rings. The van der Waals surface area contributed by atoms with Crippen molar-refractivity contribution in [3.8, 4) is 0 Å². The van der Waals surface area contributed by atoms with E-state index < -0.39 is 0 Å². The van der Waals surface area contributed by atoms with E-state index in [2.05, 4.69) is 14.8 Å². The molecule has 5 nitrogen and oxygen atoms in total.